The van der Waals surface area contributed by atoms with Crippen molar-refractivity contribution in [1.29, 1.82) is 0 Å². The van der Waals surface area contributed by atoms with Crippen molar-refractivity contribution < 1.29 is 19.4 Å². The van der Waals surface area contributed by atoms with E-state index in [4.69, 9.17) is 9.84 Å². The fourth-order valence-corrected chi connectivity index (χ4v) is 2.93. The van der Waals surface area contributed by atoms with Crippen LogP contribution in [0.5, 0.6) is 5.75 Å². The summed E-state index contributed by atoms with van der Waals surface area (Å²) >= 11 is 0. The van der Waals surface area contributed by atoms with E-state index in [1.165, 1.54) is 12.1 Å². The molecule has 7 heteroatoms. The van der Waals surface area contributed by atoms with Crippen molar-refractivity contribution in [3.8, 4) is 5.75 Å². The van der Waals surface area contributed by atoms with Gasteiger partial charge in [0.05, 0.1) is 17.0 Å². The smallest absolute Gasteiger partial charge is 0.335 e. The molecule has 1 fully saturated rings. The van der Waals surface area contributed by atoms with Gasteiger partial charge in [-0.25, -0.2) is 4.79 Å². The maximum Gasteiger partial charge on any atom is 0.335 e. The molecule has 2 aromatic carbocycles. The van der Waals surface area contributed by atoms with Crippen molar-refractivity contribution in [1.82, 2.24) is 4.90 Å². The first-order valence-electron chi connectivity index (χ1n) is 9.17. The van der Waals surface area contributed by atoms with Gasteiger partial charge in [0.15, 0.2) is 6.61 Å². The lowest BCUT2D eigenvalue weighted by Gasteiger charge is -2.15. The highest BCUT2D eigenvalue weighted by Crippen LogP contribution is 2.15. The van der Waals surface area contributed by atoms with Gasteiger partial charge in [-0.3, -0.25) is 10.2 Å². The number of carboxylic acids is 1. The fraction of sp³-hybridized carbons (Fsp3) is 0.286. The zero-order valence-corrected chi connectivity index (χ0v) is 15.7. The molecule has 1 amide bonds. The van der Waals surface area contributed by atoms with Crippen LogP contribution in [0.3, 0.4) is 0 Å². The lowest BCUT2D eigenvalue weighted by atomic mass is 10.1. The monoisotopic (exact) mass is 381 g/mol. The molecule has 1 aliphatic rings. The standard InChI is InChI=1S/C21H23N3O4/c1-15(22-23-18-6-4-5-17(13-18)21(26)27)16-7-9-19(10-8-16)28-14-20(25)24-11-2-3-12-24/h4-10,13,23H,2-3,11-12,14H2,1H3,(H,26,27)/b22-15-. The molecular weight excluding hydrogens is 358 g/mol. The average Bonchev–Trinajstić information content (AvgIpc) is 3.26. The summed E-state index contributed by atoms with van der Waals surface area (Å²) in [5.74, 6) is -0.332. The van der Waals surface area contributed by atoms with E-state index in [0.29, 0.717) is 11.4 Å². The summed E-state index contributed by atoms with van der Waals surface area (Å²) < 4.78 is 5.58. The van der Waals surface area contributed by atoms with Gasteiger partial charge in [0.1, 0.15) is 5.75 Å². The van der Waals surface area contributed by atoms with Crippen LogP contribution in [0.4, 0.5) is 5.69 Å². The van der Waals surface area contributed by atoms with Gasteiger partial charge >= 0.3 is 5.97 Å². The molecule has 1 aliphatic heterocycles. The van der Waals surface area contributed by atoms with Gasteiger partial charge < -0.3 is 14.7 Å². The lowest BCUT2D eigenvalue weighted by Crippen LogP contribution is -2.32. The van der Waals surface area contributed by atoms with Crippen molar-refractivity contribution in [3.05, 3.63) is 59.7 Å². The molecule has 3 rings (SSSR count). The highest BCUT2D eigenvalue weighted by atomic mass is 16.5. The van der Waals surface area contributed by atoms with Gasteiger partial charge in [-0.1, -0.05) is 6.07 Å². The molecule has 0 radical (unpaired) electrons. The van der Waals surface area contributed by atoms with Crippen LogP contribution in [-0.4, -0.2) is 47.3 Å². The number of likely N-dealkylation sites (tertiary alicyclic amines) is 1. The topological polar surface area (TPSA) is 91.2 Å². The number of carboxylic acid groups (broad SMARTS) is 1. The van der Waals surface area contributed by atoms with Crippen LogP contribution in [0.15, 0.2) is 53.6 Å². The Hall–Kier alpha value is -3.35. The van der Waals surface area contributed by atoms with Crippen LogP contribution >= 0.6 is 0 Å². The normalized spacial score (nSPS) is 14.0. The van der Waals surface area contributed by atoms with E-state index in [0.717, 1.165) is 37.2 Å². The molecule has 1 saturated heterocycles. The van der Waals surface area contributed by atoms with Crippen molar-refractivity contribution in [2.24, 2.45) is 5.10 Å². The number of nitrogens with zero attached hydrogens (tertiary/aromatic N) is 2. The molecule has 7 nitrogen and oxygen atoms in total. The van der Waals surface area contributed by atoms with E-state index in [1.807, 2.05) is 24.0 Å². The Labute approximate surface area is 163 Å². The summed E-state index contributed by atoms with van der Waals surface area (Å²) in [6.07, 6.45) is 2.13. The third kappa shape index (κ3) is 5.09. The van der Waals surface area contributed by atoms with Gasteiger partial charge in [0.2, 0.25) is 0 Å². The Kier molecular flexibility index (Phi) is 6.26. The molecule has 146 valence electrons. The number of carbonyl (C=O) groups excluding carboxylic acids is 1. The molecule has 2 aromatic rings. The van der Waals surface area contributed by atoms with Gasteiger partial charge in [0, 0.05) is 13.1 Å². The van der Waals surface area contributed by atoms with E-state index in [2.05, 4.69) is 10.5 Å². The molecule has 28 heavy (non-hydrogen) atoms. The van der Waals surface area contributed by atoms with E-state index in [1.54, 1.807) is 24.3 Å². The van der Waals surface area contributed by atoms with E-state index in [-0.39, 0.29) is 18.1 Å². The van der Waals surface area contributed by atoms with Crippen molar-refractivity contribution in [3.63, 3.8) is 0 Å². The number of hydrogen-bond donors (Lipinski definition) is 2. The quantitative estimate of drug-likeness (QED) is 0.568. The predicted octanol–water partition coefficient (Wildman–Crippen LogP) is 3.22. The van der Waals surface area contributed by atoms with E-state index in [9.17, 15) is 9.59 Å². The Morgan fingerprint density at radius 2 is 1.82 bits per heavy atom. The summed E-state index contributed by atoms with van der Waals surface area (Å²) in [6, 6.07) is 13.8. The molecule has 0 spiro atoms. The van der Waals surface area contributed by atoms with Crippen LogP contribution in [0.25, 0.3) is 0 Å². The number of rotatable bonds is 7. The molecule has 1 heterocycles. The molecule has 0 aliphatic carbocycles. The van der Waals surface area contributed by atoms with Crippen LogP contribution < -0.4 is 10.2 Å². The van der Waals surface area contributed by atoms with Crippen molar-refractivity contribution >= 4 is 23.3 Å². The first kappa shape index (κ1) is 19.4. The van der Waals surface area contributed by atoms with Crippen molar-refractivity contribution in [2.75, 3.05) is 25.1 Å². The minimum absolute atomic E-state index is 0.0205. The largest absolute Gasteiger partial charge is 0.484 e. The molecule has 0 atom stereocenters. The highest BCUT2D eigenvalue weighted by Gasteiger charge is 2.18. The molecular formula is C21H23N3O4. The van der Waals surface area contributed by atoms with E-state index >= 15 is 0 Å². The first-order valence-corrected chi connectivity index (χ1v) is 9.17. The SMILES string of the molecule is C/C(=N/Nc1cccc(C(=O)O)c1)c1ccc(OCC(=O)N2CCCC2)cc1. The number of ether oxygens (including phenoxy) is 1. The summed E-state index contributed by atoms with van der Waals surface area (Å²) in [6.45, 7) is 3.53. The number of hydrogen-bond acceptors (Lipinski definition) is 5. The second-order valence-corrected chi connectivity index (χ2v) is 6.60. The Morgan fingerprint density at radius 1 is 1.11 bits per heavy atom. The minimum Gasteiger partial charge on any atom is -0.484 e. The van der Waals surface area contributed by atoms with Gasteiger partial charge in [-0.05, 0) is 67.8 Å². The number of aromatic carboxylic acids is 1. The maximum absolute atomic E-state index is 12.0. The van der Waals surface area contributed by atoms with Crippen LogP contribution in [0, 0.1) is 0 Å². The third-order valence-electron chi connectivity index (χ3n) is 4.56. The number of anilines is 1. The summed E-state index contributed by atoms with van der Waals surface area (Å²) in [4.78, 5) is 24.9. The first-order chi connectivity index (χ1) is 13.5. The number of amides is 1. The van der Waals surface area contributed by atoms with Gasteiger partial charge in [-0.15, -0.1) is 0 Å². The van der Waals surface area contributed by atoms with Gasteiger partial charge in [-0.2, -0.15) is 5.10 Å². The Morgan fingerprint density at radius 3 is 2.50 bits per heavy atom. The number of carbonyl (C=O) groups is 2. The average molecular weight is 381 g/mol. The Balaban J connectivity index is 1.56. The highest BCUT2D eigenvalue weighted by molar-refractivity contribution is 5.99. The molecule has 0 unspecified atom stereocenters. The lowest BCUT2D eigenvalue weighted by molar-refractivity contribution is -0.132. The summed E-state index contributed by atoms with van der Waals surface area (Å²) in [5, 5.41) is 13.3. The third-order valence-corrected chi connectivity index (χ3v) is 4.56. The minimum atomic E-state index is -0.983. The summed E-state index contributed by atoms with van der Waals surface area (Å²) in [7, 11) is 0. The molecule has 2 N–H and O–H groups in total. The Bertz CT molecular complexity index is 871. The van der Waals surface area contributed by atoms with Crippen molar-refractivity contribution in [2.45, 2.75) is 19.8 Å². The number of nitrogens with one attached hydrogen (secondary N) is 1. The summed E-state index contributed by atoms with van der Waals surface area (Å²) in [5.41, 5.74) is 5.29. The zero-order chi connectivity index (χ0) is 19.9. The maximum atomic E-state index is 12.0. The predicted molar refractivity (Wildman–Crippen MR) is 107 cm³/mol. The second kappa shape index (κ2) is 9.03. The second-order valence-electron chi connectivity index (χ2n) is 6.60. The van der Waals surface area contributed by atoms with Crippen LogP contribution in [-0.2, 0) is 4.79 Å². The van der Waals surface area contributed by atoms with Crippen LogP contribution in [0.2, 0.25) is 0 Å². The molecule has 0 saturated carbocycles. The fourth-order valence-electron chi connectivity index (χ4n) is 2.93. The number of benzene rings is 2. The van der Waals surface area contributed by atoms with E-state index < -0.39 is 5.97 Å². The van der Waals surface area contributed by atoms with Gasteiger partial charge in [0.25, 0.3) is 5.91 Å². The molecule has 0 bridgehead atoms. The van der Waals surface area contributed by atoms with Crippen LogP contribution in [0.1, 0.15) is 35.7 Å². The molecule has 0 aromatic heterocycles. The number of hydrazone groups is 1. The zero-order valence-electron chi connectivity index (χ0n) is 15.7.